The molecule has 4 nitrogen and oxygen atoms in total. The van der Waals surface area contributed by atoms with Crippen molar-refractivity contribution in [3.63, 3.8) is 0 Å². The first-order valence-electron chi connectivity index (χ1n) is 7.63. The molecule has 0 aliphatic carbocycles. The Bertz CT molecular complexity index is 767. The van der Waals surface area contributed by atoms with Gasteiger partial charge >= 0.3 is 0 Å². The summed E-state index contributed by atoms with van der Waals surface area (Å²) in [7, 11) is 0. The molecule has 0 fully saturated rings. The minimum absolute atomic E-state index is 0.196. The minimum atomic E-state index is 0.196. The van der Waals surface area contributed by atoms with Crippen LogP contribution in [-0.2, 0) is 0 Å². The Hall–Kier alpha value is -2.32. The third-order valence-electron chi connectivity index (χ3n) is 3.94. The molecular formula is C18H21N3OS. The molecule has 0 bridgehead atoms. The van der Waals surface area contributed by atoms with Crippen molar-refractivity contribution in [2.24, 2.45) is 4.99 Å². The van der Waals surface area contributed by atoms with Gasteiger partial charge < -0.3 is 10.0 Å². The summed E-state index contributed by atoms with van der Waals surface area (Å²) in [6.07, 6.45) is 1.62. The van der Waals surface area contributed by atoms with Gasteiger partial charge in [0.15, 0.2) is 0 Å². The number of hydrogen-bond acceptors (Lipinski definition) is 5. The zero-order valence-corrected chi connectivity index (χ0v) is 14.7. The van der Waals surface area contributed by atoms with E-state index in [9.17, 15) is 10.4 Å². The summed E-state index contributed by atoms with van der Waals surface area (Å²) in [5.74, 6) is 0.196. The second kappa shape index (κ2) is 7.30. The van der Waals surface area contributed by atoms with Gasteiger partial charge in [-0.25, -0.2) is 4.99 Å². The van der Waals surface area contributed by atoms with Crippen molar-refractivity contribution in [2.75, 3.05) is 18.0 Å². The third-order valence-corrected chi connectivity index (χ3v) is 5.06. The fraction of sp³-hybridized carbons (Fsp3) is 0.333. The van der Waals surface area contributed by atoms with Crippen LogP contribution >= 0.6 is 11.3 Å². The average Bonchev–Trinajstić information content (AvgIpc) is 2.82. The molecule has 0 amide bonds. The van der Waals surface area contributed by atoms with E-state index in [1.165, 1.54) is 11.3 Å². The molecule has 0 aliphatic rings. The maximum absolute atomic E-state index is 10.2. The Labute approximate surface area is 141 Å². The van der Waals surface area contributed by atoms with Gasteiger partial charge in [0.05, 0.1) is 5.56 Å². The number of anilines is 1. The first kappa shape index (κ1) is 17.0. The summed E-state index contributed by atoms with van der Waals surface area (Å²) in [5.41, 5.74) is 3.23. The molecule has 0 saturated carbocycles. The van der Waals surface area contributed by atoms with Crippen LogP contribution in [0.5, 0.6) is 5.75 Å². The van der Waals surface area contributed by atoms with E-state index in [1.807, 2.05) is 26.0 Å². The summed E-state index contributed by atoms with van der Waals surface area (Å²) in [6.45, 7) is 9.86. The van der Waals surface area contributed by atoms with Crippen LogP contribution in [0, 0.1) is 25.2 Å². The van der Waals surface area contributed by atoms with Crippen molar-refractivity contribution >= 4 is 28.2 Å². The van der Waals surface area contributed by atoms with E-state index in [2.05, 4.69) is 29.8 Å². The predicted octanol–water partition coefficient (Wildman–Crippen LogP) is 4.54. The number of phenols is 1. The molecular weight excluding hydrogens is 306 g/mol. The van der Waals surface area contributed by atoms with Gasteiger partial charge in [-0.15, -0.1) is 11.3 Å². The third kappa shape index (κ3) is 3.54. The molecule has 1 aromatic heterocycles. The highest BCUT2D eigenvalue weighted by molar-refractivity contribution is 7.16. The fourth-order valence-electron chi connectivity index (χ4n) is 2.39. The Kier molecular flexibility index (Phi) is 5.41. The number of hydrogen-bond donors (Lipinski definition) is 1. The van der Waals surface area contributed by atoms with Crippen LogP contribution in [0.25, 0.3) is 0 Å². The van der Waals surface area contributed by atoms with Crippen LogP contribution in [0.4, 0.5) is 10.7 Å². The molecule has 0 radical (unpaired) electrons. The summed E-state index contributed by atoms with van der Waals surface area (Å²) in [4.78, 5) is 7.66. The first-order valence-corrected chi connectivity index (χ1v) is 8.45. The second-order valence-corrected chi connectivity index (χ2v) is 6.45. The normalized spacial score (nSPS) is 10.9. The molecule has 0 atom stereocenters. The quantitative estimate of drug-likeness (QED) is 0.820. The van der Waals surface area contributed by atoms with Gasteiger partial charge in [-0.3, -0.25) is 0 Å². The van der Waals surface area contributed by atoms with Crippen molar-refractivity contribution in [2.45, 2.75) is 27.7 Å². The van der Waals surface area contributed by atoms with Gasteiger partial charge in [-0.2, -0.15) is 5.26 Å². The Morgan fingerprint density at radius 1 is 1.30 bits per heavy atom. The topological polar surface area (TPSA) is 59.6 Å². The summed E-state index contributed by atoms with van der Waals surface area (Å²) >= 11 is 1.50. The molecule has 1 heterocycles. The molecule has 0 spiro atoms. The van der Waals surface area contributed by atoms with Crippen molar-refractivity contribution < 1.29 is 5.11 Å². The standard InChI is InChI=1S/C18H21N3OS/c1-5-21(6-2)15-8-7-14(17(22)9-15)11-20-18-16(10-19)12(3)13(4)23-18/h7-9,11,22H,5-6H2,1-4H3. The van der Waals surface area contributed by atoms with Gasteiger partial charge in [0.2, 0.25) is 0 Å². The maximum Gasteiger partial charge on any atom is 0.134 e. The van der Waals surface area contributed by atoms with Crippen LogP contribution in [0.1, 0.15) is 35.4 Å². The highest BCUT2D eigenvalue weighted by Gasteiger charge is 2.11. The Balaban J connectivity index is 2.31. The number of benzene rings is 1. The van der Waals surface area contributed by atoms with Crippen LogP contribution < -0.4 is 4.90 Å². The van der Waals surface area contributed by atoms with Crippen molar-refractivity contribution in [3.8, 4) is 11.8 Å². The van der Waals surface area contributed by atoms with Gasteiger partial charge in [-0.1, -0.05) is 0 Å². The predicted molar refractivity (Wildman–Crippen MR) is 97.4 cm³/mol. The zero-order valence-electron chi connectivity index (χ0n) is 13.9. The zero-order chi connectivity index (χ0) is 17.0. The molecule has 2 rings (SSSR count). The molecule has 1 N–H and O–H groups in total. The Morgan fingerprint density at radius 3 is 2.57 bits per heavy atom. The lowest BCUT2D eigenvalue weighted by Crippen LogP contribution is -2.21. The summed E-state index contributed by atoms with van der Waals surface area (Å²) < 4.78 is 0. The monoisotopic (exact) mass is 327 g/mol. The number of aromatic hydroxyl groups is 1. The fourth-order valence-corrected chi connectivity index (χ4v) is 3.34. The average molecular weight is 327 g/mol. The van der Waals surface area contributed by atoms with E-state index in [4.69, 9.17) is 0 Å². The van der Waals surface area contributed by atoms with E-state index in [0.717, 1.165) is 29.2 Å². The lowest BCUT2D eigenvalue weighted by molar-refractivity contribution is 0.474. The molecule has 0 aliphatic heterocycles. The molecule has 120 valence electrons. The molecule has 23 heavy (non-hydrogen) atoms. The molecule has 0 unspecified atom stereocenters. The number of thiophene rings is 1. The minimum Gasteiger partial charge on any atom is -0.507 e. The summed E-state index contributed by atoms with van der Waals surface area (Å²) in [5, 5.41) is 20.1. The smallest absolute Gasteiger partial charge is 0.134 e. The molecule has 0 saturated heterocycles. The van der Waals surface area contributed by atoms with Crippen molar-refractivity contribution in [1.29, 1.82) is 5.26 Å². The maximum atomic E-state index is 10.2. The van der Waals surface area contributed by atoms with E-state index in [1.54, 1.807) is 12.3 Å². The SMILES string of the molecule is CCN(CC)c1ccc(C=Nc2sc(C)c(C)c2C#N)c(O)c1. The second-order valence-electron chi connectivity index (χ2n) is 5.25. The number of rotatable bonds is 5. The highest BCUT2D eigenvalue weighted by Crippen LogP contribution is 2.34. The lowest BCUT2D eigenvalue weighted by atomic mass is 10.1. The lowest BCUT2D eigenvalue weighted by Gasteiger charge is -2.21. The number of nitrogens with zero attached hydrogens (tertiary/aromatic N) is 3. The van der Waals surface area contributed by atoms with Crippen LogP contribution in [0.3, 0.4) is 0 Å². The van der Waals surface area contributed by atoms with Gasteiger partial charge in [-0.05, 0) is 45.4 Å². The highest BCUT2D eigenvalue weighted by atomic mass is 32.1. The van der Waals surface area contributed by atoms with E-state index in [0.29, 0.717) is 16.1 Å². The largest absolute Gasteiger partial charge is 0.507 e. The van der Waals surface area contributed by atoms with E-state index >= 15 is 0 Å². The summed E-state index contributed by atoms with van der Waals surface area (Å²) in [6, 6.07) is 7.79. The number of phenolic OH excluding ortho intramolecular Hbond substituents is 1. The first-order chi connectivity index (χ1) is 11.0. The van der Waals surface area contributed by atoms with Crippen LogP contribution in [0.2, 0.25) is 0 Å². The molecule has 2 aromatic rings. The Morgan fingerprint density at radius 2 is 2.00 bits per heavy atom. The number of nitriles is 1. The number of aliphatic imine (C=N–C) groups is 1. The van der Waals surface area contributed by atoms with Crippen molar-refractivity contribution in [3.05, 3.63) is 39.8 Å². The van der Waals surface area contributed by atoms with Gasteiger partial charge in [0.25, 0.3) is 0 Å². The van der Waals surface area contributed by atoms with Gasteiger partial charge in [0.1, 0.15) is 16.8 Å². The molecule has 1 aromatic carbocycles. The van der Waals surface area contributed by atoms with E-state index < -0.39 is 0 Å². The van der Waals surface area contributed by atoms with Gasteiger partial charge in [0, 0.05) is 41.5 Å². The van der Waals surface area contributed by atoms with Crippen LogP contribution in [-0.4, -0.2) is 24.4 Å². The van der Waals surface area contributed by atoms with E-state index in [-0.39, 0.29) is 5.75 Å². The molecule has 5 heteroatoms. The van der Waals surface area contributed by atoms with Crippen LogP contribution in [0.15, 0.2) is 23.2 Å². The van der Waals surface area contributed by atoms with Crippen molar-refractivity contribution in [1.82, 2.24) is 0 Å². The number of aryl methyl sites for hydroxylation is 1.